The van der Waals surface area contributed by atoms with Gasteiger partial charge in [0.15, 0.2) is 0 Å². The van der Waals surface area contributed by atoms with Crippen LogP contribution in [0.5, 0.6) is 0 Å². The Hall–Kier alpha value is -0.0800. The van der Waals surface area contributed by atoms with Crippen LogP contribution in [-0.2, 0) is 4.74 Å². The van der Waals surface area contributed by atoms with Crippen molar-refractivity contribution in [2.24, 2.45) is 0 Å². The Morgan fingerprint density at radius 3 is 2.62 bits per heavy atom. The van der Waals surface area contributed by atoms with E-state index in [9.17, 15) is 9.90 Å². The summed E-state index contributed by atoms with van der Waals surface area (Å²) in [6.45, 7) is 6.45. The molecule has 2 atom stereocenters. The topological polar surface area (TPSA) is 61.8 Å². The number of amides is 1. The Balaban J connectivity index is 2.48. The zero-order valence-electron chi connectivity index (χ0n) is 9.86. The highest BCUT2D eigenvalue weighted by molar-refractivity contribution is 14.1. The molecule has 94 valence electrons. The molecule has 0 aromatic heterocycles. The third kappa shape index (κ3) is 4.06. The van der Waals surface area contributed by atoms with Gasteiger partial charge in [-0.1, -0.05) is 0 Å². The largest absolute Gasteiger partial charge is 0.444 e. The summed E-state index contributed by atoms with van der Waals surface area (Å²) in [7, 11) is 0. The van der Waals surface area contributed by atoms with Gasteiger partial charge in [-0.15, -0.1) is 0 Å². The molecule has 1 fully saturated rings. The minimum atomic E-state index is -0.529. The van der Waals surface area contributed by atoms with E-state index in [0.717, 1.165) is 6.42 Å². The molecule has 1 amide bonds. The molecule has 0 bridgehead atoms. The average Bonchev–Trinajstić information content (AvgIpc) is 2.15. The number of nitrogens with zero attached hydrogens (tertiary/aromatic N) is 1. The summed E-state index contributed by atoms with van der Waals surface area (Å²) in [5.41, 5.74) is -0.486. The SMILES string of the molecule is CC(C)(C)OC(=O)N1CC[C@@H](NI)[C@H](O)C1. The zero-order chi connectivity index (χ0) is 12.3. The lowest BCUT2D eigenvalue weighted by Gasteiger charge is -2.36. The zero-order valence-corrected chi connectivity index (χ0v) is 12.0. The van der Waals surface area contributed by atoms with E-state index in [1.165, 1.54) is 0 Å². The first-order valence-corrected chi connectivity index (χ1v) is 6.43. The number of hydrogen-bond donors (Lipinski definition) is 2. The number of ether oxygens (including phenoxy) is 1. The molecular formula is C10H19IN2O3. The Labute approximate surface area is 110 Å². The van der Waals surface area contributed by atoms with Crippen LogP contribution in [-0.4, -0.2) is 46.9 Å². The van der Waals surface area contributed by atoms with Crippen LogP contribution in [0, 0.1) is 0 Å². The summed E-state index contributed by atoms with van der Waals surface area (Å²) in [4.78, 5) is 13.3. The molecule has 1 saturated heterocycles. The maximum atomic E-state index is 11.7. The van der Waals surface area contributed by atoms with E-state index in [1.54, 1.807) is 4.90 Å². The molecule has 0 spiro atoms. The average molecular weight is 342 g/mol. The highest BCUT2D eigenvalue weighted by Gasteiger charge is 2.31. The van der Waals surface area contributed by atoms with Crippen molar-refractivity contribution < 1.29 is 14.6 Å². The quantitative estimate of drug-likeness (QED) is 0.557. The molecule has 0 radical (unpaired) electrons. The summed E-state index contributed by atoms with van der Waals surface area (Å²) >= 11 is 2.02. The van der Waals surface area contributed by atoms with Crippen LogP contribution in [0.2, 0.25) is 0 Å². The summed E-state index contributed by atoms with van der Waals surface area (Å²) in [5.74, 6) is 0. The van der Waals surface area contributed by atoms with Gasteiger partial charge in [0.05, 0.1) is 12.6 Å². The van der Waals surface area contributed by atoms with E-state index in [4.69, 9.17) is 4.74 Å². The predicted molar refractivity (Wildman–Crippen MR) is 69.4 cm³/mol. The number of likely N-dealkylation sites (tertiary alicyclic amines) is 1. The van der Waals surface area contributed by atoms with Crippen molar-refractivity contribution in [2.45, 2.75) is 44.9 Å². The molecule has 0 unspecified atom stereocenters. The van der Waals surface area contributed by atoms with E-state index < -0.39 is 11.7 Å². The minimum Gasteiger partial charge on any atom is -0.444 e. The number of nitrogens with one attached hydrogen (secondary N) is 1. The fourth-order valence-corrected chi connectivity index (χ4v) is 2.28. The van der Waals surface area contributed by atoms with Crippen LogP contribution in [0.3, 0.4) is 0 Å². The van der Waals surface area contributed by atoms with Gasteiger partial charge < -0.3 is 14.7 Å². The highest BCUT2D eigenvalue weighted by atomic mass is 127. The number of halogens is 1. The van der Waals surface area contributed by atoms with Crippen molar-refractivity contribution in [2.75, 3.05) is 13.1 Å². The van der Waals surface area contributed by atoms with E-state index in [0.29, 0.717) is 13.1 Å². The number of carbonyl (C=O) groups is 1. The van der Waals surface area contributed by atoms with Crippen molar-refractivity contribution in [3.8, 4) is 0 Å². The molecule has 0 aromatic rings. The Bertz CT molecular complexity index is 255. The highest BCUT2D eigenvalue weighted by Crippen LogP contribution is 2.16. The number of aliphatic hydroxyl groups is 1. The Morgan fingerprint density at radius 2 is 2.19 bits per heavy atom. The second-order valence-electron chi connectivity index (χ2n) is 5.00. The molecule has 2 N–H and O–H groups in total. The lowest BCUT2D eigenvalue weighted by molar-refractivity contribution is -0.00152. The van der Waals surface area contributed by atoms with Crippen LogP contribution >= 0.6 is 22.9 Å². The molecule has 1 rings (SSSR count). The third-order valence-corrected chi connectivity index (χ3v) is 3.17. The number of hydrogen-bond acceptors (Lipinski definition) is 4. The van der Waals surface area contributed by atoms with Gasteiger partial charge in [-0.25, -0.2) is 4.79 Å². The van der Waals surface area contributed by atoms with Gasteiger partial charge in [-0.05, 0) is 27.2 Å². The molecule has 16 heavy (non-hydrogen) atoms. The van der Waals surface area contributed by atoms with Gasteiger partial charge >= 0.3 is 6.09 Å². The van der Waals surface area contributed by atoms with Crippen molar-refractivity contribution in [3.63, 3.8) is 0 Å². The van der Waals surface area contributed by atoms with Crippen LogP contribution in [0.1, 0.15) is 27.2 Å². The van der Waals surface area contributed by atoms with E-state index in [2.05, 4.69) is 3.53 Å². The molecule has 6 heteroatoms. The van der Waals surface area contributed by atoms with Gasteiger partial charge in [0.2, 0.25) is 0 Å². The Morgan fingerprint density at radius 1 is 1.56 bits per heavy atom. The Kier molecular flexibility index (Phi) is 4.81. The number of aliphatic hydroxyl groups excluding tert-OH is 1. The number of β-amino-alcohol motifs (C(OH)–C–C–N with tert-alkyl or cyclic N) is 1. The number of rotatable bonds is 1. The van der Waals surface area contributed by atoms with Gasteiger partial charge in [0.1, 0.15) is 5.60 Å². The molecule has 1 heterocycles. The lowest BCUT2D eigenvalue weighted by atomic mass is 10.0. The second kappa shape index (κ2) is 5.50. The first-order chi connectivity index (χ1) is 7.33. The molecule has 0 aromatic carbocycles. The summed E-state index contributed by atoms with van der Waals surface area (Å²) in [5, 5.41) is 9.77. The van der Waals surface area contributed by atoms with Crippen LogP contribution < -0.4 is 3.53 Å². The first-order valence-electron chi connectivity index (χ1n) is 5.35. The van der Waals surface area contributed by atoms with Gasteiger partial charge in [-0.3, -0.25) is 3.53 Å². The molecular weight excluding hydrogens is 323 g/mol. The molecule has 5 nitrogen and oxygen atoms in total. The van der Waals surface area contributed by atoms with E-state index >= 15 is 0 Å². The minimum absolute atomic E-state index is 0.0549. The van der Waals surface area contributed by atoms with Crippen molar-refractivity contribution in [1.29, 1.82) is 0 Å². The fourth-order valence-electron chi connectivity index (χ4n) is 1.55. The molecule has 0 saturated carbocycles. The number of carbonyl (C=O) groups excluding carboxylic acids is 1. The normalized spacial score (nSPS) is 26.7. The first kappa shape index (κ1) is 14.0. The standard InChI is InChI=1S/C10H19IN2O3/c1-10(2,3)16-9(15)13-5-4-7(12-11)8(14)6-13/h7-8,12,14H,4-6H2,1-3H3/t7-,8-/m1/s1. The molecule has 1 aliphatic heterocycles. The van der Waals surface area contributed by atoms with Gasteiger partial charge in [0.25, 0.3) is 0 Å². The third-order valence-electron chi connectivity index (χ3n) is 2.37. The molecule has 0 aliphatic carbocycles. The monoisotopic (exact) mass is 342 g/mol. The van der Waals surface area contributed by atoms with Crippen LogP contribution in [0.4, 0.5) is 4.79 Å². The number of piperidine rings is 1. The second-order valence-corrected chi connectivity index (χ2v) is 5.62. The predicted octanol–water partition coefficient (Wildman–Crippen LogP) is 1.30. The van der Waals surface area contributed by atoms with Crippen LogP contribution in [0.25, 0.3) is 0 Å². The fraction of sp³-hybridized carbons (Fsp3) is 0.900. The van der Waals surface area contributed by atoms with Gasteiger partial charge in [-0.2, -0.15) is 0 Å². The maximum Gasteiger partial charge on any atom is 0.410 e. The van der Waals surface area contributed by atoms with Gasteiger partial charge in [0, 0.05) is 35.5 Å². The molecule has 1 aliphatic rings. The summed E-state index contributed by atoms with van der Waals surface area (Å²) in [6.07, 6.45) is -0.139. The van der Waals surface area contributed by atoms with E-state index in [1.807, 2.05) is 43.6 Å². The summed E-state index contributed by atoms with van der Waals surface area (Å²) < 4.78 is 8.25. The van der Waals surface area contributed by atoms with Crippen molar-refractivity contribution in [3.05, 3.63) is 0 Å². The maximum absolute atomic E-state index is 11.7. The van der Waals surface area contributed by atoms with Crippen molar-refractivity contribution >= 4 is 29.0 Å². The van der Waals surface area contributed by atoms with Crippen molar-refractivity contribution in [1.82, 2.24) is 8.43 Å². The lowest BCUT2D eigenvalue weighted by Crippen LogP contribution is -2.53. The summed E-state index contributed by atoms with van der Waals surface area (Å²) in [6, 6.07) is 0.0549. The van der Waals surface area contributed by atoms with Crippen LogP contribution in [0.15, 0.2) is 0 Å². The van der Waals surface area contributed by atoms with E-state index in [-0.39, 0.29) is 12.1 Å². The smallest absolute Gasteiger partial charge is 0.410 e.